The molecule has 1 aliphatic rings. The Kier molecular flexibility index (Phi) is 4.69. The summed E-state index contributed by atoms with van der Waals surface area (Å²) in [5.41, 5.74) is 0.548. The lowest BCUT2D eigenvalue weighted by Crippen LogP contribution is -2.48. The van der Waals surface area contributed by atoms with E-state index in [1.165, 1.54) is 16.4 Å². The molecule has 7 heteroatoms. The Morgan fingerprint density at radius 1 is 1.35 bits per heavy atom. The fourth-order valence-electron chi connectivity index (χ4n) is 2.30. The molecule has 0 aliphatic carbocycles. The van der Waals surface area contributed by atoms with Crippen LogP contribution in [0, 0.1) is 5.82 Å². The van der Waals surface area contributed by atoms with Gasteiger partial charge >= 0.3 is 0 Å². The molecule has 2 rings (SSSR count). The number of halogens is 2. The van der Waals surface area contributed by atoms with E-state index in [2.05, 4.69) is 0 Å². The van der Waals surface area contributed by atoms with E-state index in [1.54, 1.807) is 13.8 Å². The topological polar surface area (TPSA) is 46.6 Å². The van der Waals surface area contributed by atoms with Gasteiger partial charge in [0.25, 0.3) is 0 Å². The SMILES string of the molecule is CC1CN(S(=O)(=O)c2ccc(CCl)cc2F)CC(C)O1. The molecule has 1 fully saturated rings. The highest BCUT2D eigenvalue weighted by Gasteiger charge is 2.33. The normalized spacial score (nSPS) is 24.8. The van der Waals surface area contributed by atoms with E-state index in [-0.39, 0.29) is 36.1 Å². The van der Waals surface area contributed by atoms with Crippen LogP contribution >= 0.6 is 11.6 Å². The minimum atomic E-state index is -3.85. The molecule has 1 aromatic rings. The van der Waals surface area contributed by atoms with E-state index in [1.807, 2.05) is 0 Å². The van der Waals surface area contributed by atoms with Gasteiger partial charge in [-0.3, -0.25) is 0 Å². The second-order valence-corrected chi connectivity index (χ2v) is 7.15. The lowest BCUT2D eigenvalue weighted by Gasteiger charge is -2.34. The molecular formula is C13H17ClFNO3S. The van der Waals surface area contributed by atoms with Gasteiger partial charge in [-0.05, 0) is 31.5 Å². The second-order valence-electron chi connectivity index (χ2n) is 4.98. The molecule has 0 radical (unpaired) electrons. The number of hydrogen-bond acceptors (Lipinski definition) is 3. The van der Waals surface area contributed by atoms with Crippen molar-refractivity contribution in [3.05, 3.63) is 29.6 Å². The first-order chi connectivity index (χ1) is 9.34. The number of rotatable bonds is 3. The van der Waals surface area contributed by atoms with E-state index < -0.39 is 15.8 Å². The van der Waals surface area contributed by atoms with E-state index in [0.29, 0.717) is 5.56 Å². The smallest absolute Gasteiger partial charge is 0.246 e. The van der Waals surface area contributed by atoms with Crippen LogP contribution in [0.1, 0.15) is 19.4 Å². The van der Waals surface area contributed by atoms with Crippen molar-refractivity contribution in [2.45, 2.75) is 36.8 Å². The standard InChI is InChI=1S/C13H17ClFNO3S/c1-9-7-16(8-10(2)19-9)20(17,18)13-4-3-11(6-14)5-12(13)15/h3-5,9-10H,6-8H2,1-2H3. The molecule has 4 nitrogen and oxygen atoms in total. The van der Waals surface area contributed by atoms with E-state index in [4.69, 9.17) is 16.3 Å². The fraction of sp³-hybridized carbons (Fsp3) is 0.538. The Balaban J connectivity index is 2.35. The lowest BCUT2D eigenvalue weighted by molar-refractivity contribution is -0.0441. The molecular weight excluding hydrogens is 305 g/mol. The van der Waals surface area contributed by atoms with Crippen LogP contribution in [0.3, 0.4) is 0 Å². The molecule has 2 atom stereocenters. The summed E-state index contributed by atoms with van der Waals surface area (Å²) in [5, 5.41) is 0. The molecule has 0 saturated carbocycles. The van der Waals surface area contributed by atoms with Crippen molar-refractivity contribution < 1.29 is 17.5 Å². The molecule has 1 aromatic carbocycles. The number of benzene rings is 1. The zero-order valence-corrected chi connectivity index (χ0v) is 12.9. The van der Waals surface area contributed by atoms with Crippen molar-refractivity contribution in [2.24, 2.45) is 0 Å². The van der Waals surface area contributed by atoms with Crippen molar-refractivity contribution >= 4 is 21.6 Å². The number of sulfonamides is 1. The minimum Gasteiger partial charge on any atom is -0.373 e. The molecule has 0 aromatic heterocycles. The Bertz CT molecular complexity index is 583. The molecule has 20 heavy (non-hydrogen) atoms. The van der Waals surface area contributed by atoms with Gasteiger partial charge in [0.05, 0.1) is 12.2 Å². The highest BCUT2D eigenvalue weighted by atomic mass is 35.5. The Morgan fingerprint density at radius 3 is 2.45 bits per heavy atom. The molecule has 0 bridgehead atoms. The minimum absolute atomic E-state index is 0.142. The van der Waals surface area contributed by atoms with Crippen molar-refractivity contribution in [2.75, 3.05) is 13.1 Å². The largest absolute Gasteiger partial charge is 0.373 e. The molecule has 1 saturated heterocycles. The second kappa shape index (κ2) is 5.97. The van der Waals surface area contributed by atoms with Crippen LogP contribution in [-0.4, -0.2) is 38.0 Å². The quantitative estimate of drug-likeness (QED) is 0.803. The number of nitrogens with zero attached hydrogens (tertiary/aromatic N) is 1. The maximum absolute atomic E-state index is 14.0. The molecule has 1 aliphatic heterocycles. The van der Waals surface area contributed by atoms with Crippen molar-refractivity contribution in [3.8, 4) is 0 Å². The van der Waals surface area contributed by atoms with Gasteiger partial charge in [-0.2, -0.15) is 4.31 Å². The zero-order chi connectivity index (χ0) is 14.9. The Labute approximate surface area is 123 Å². The van der Waals surface area contributed by atoms with Gasteiger partial charge in [-0.15, -0.1) is 11.6 Å². The van der Waals surface area contributed by atoms with Gasteiger partial charge in [0, 0.05) is 19.0 Å². The van der Waals surface area contributed by atoms with E-state index in [0.717, 1.165) is 6.07 Å². The van der Waals surface area contributed by atoms with Gasteiger partial charge in [-0.25, -0.2) is 12.8 Å². The highest BCUT2D eigenvalue weighted by Crippen LogP contribution is 2.24. The summed E-state index contributed by atoms with van der Waals surface area (Å²) in [5.74, 6) is -0.627. The van der Waals surface area contributed by atoms with Crippen LogP contribution in [0.5, 0.6) is 0 Å². The van der Waals surface area contributed by atoms with Gasteiger partial charge in [0.2, 0.25) is 10.0 Å². The van der Waals surface area contributed by atoms with Crippen LogP contribution in [-0.2, 0) is 20.6 Å². The predicted octanol–water partition coefficient (Wildman–Crippen LogP) is 2.36. The lowest BCUT2D eigenvalue weighted by atomic mass is 10.2. The van der Waals surface area contributed by atoms with Gasteiger partial charge in [-0.1, -0.05) is 6.07 Å². The van der Waals surface area contributed by atoms with E-state index >= 15 is 0 Å². The molecule has 2 unspecified atom stereocenters. The summed E-state index contributed by atoms with van der Waals surface area (Å²) in [7, 11) is -3.85. The van der Waals surface area contributed by atoms with Crippen LogP contribution in [0.4, 0.5) is 4.39 Å². The molecule has 0 spiro atoms. The van der Waals surface area contributed by atoms with Crippen LogP contribution in [0.25, 0.3) is 0 Å². The number of hydrogen-bond donors (Lipinski definition) is 0. The van der Waals surface area contributed by atoms with Crippen LogP contribution < -0.4 is 0 Å². The monoisotopic (exact) mass is 321 g/mol. The number of morpholine rings is 1. The maximum Gasteiger partial charge on any atom is 0.246 e. The average molecular weight is 322 g/mol. The summed E-state index contributed by atoms with van der Waals surface area (Å²) in [6.07, 6.45) is -0.419. The average Bonchev–Trinajstić information content (AvgIpc) is 2.37. The maximum atomic E-state index is 14.0. The zero-order valence-electron chi connectivity index (χ0n) is 11.3. The fourth-order valence-corrected chi connectivity index (χ4v) is 4.10. The Hall–Kier alpha value is -0.690. The predicted molar refractivity (Wildman–Crippen MR) is 74.7 cm³/mol. The molecule has 112 valence electrons. The summed E-state index contributed by atoms with van der Waals surface area (Å²) in [4.78, 5) is -0.312. The molecule has 0 amide bonds. The van der Waals surface area contributed by atoms with Crippen LogP contribution in [0.2, 0.25) is 0 Å². The van der Waals surface area contributed by atoms with Gasteiger partial charge < -0.3 is 4.74 Å². The summed E-state index contributed by atoms with van der Waals surface area (Å²) in [6, 6.07) is 3.95. The van der Waals surface area contributed by atoms with Crippen molar-refractivity contribution in [1.29, 1.82) is 0 Å². The molecule has 0 N–H and O–H groups in total. The van der Waals surface area contributed by atoms with Crippen molar-refractivity contribution in [3.63, 3.8) is 0 Å². The third-order valence-corrected chi connectivity index (χ3v) is 5.33. The first-order valence-electron chi connectivity index (χ1n) is 6.34. The number of ether oxygens (including phenoxy) is 1. The third kappa shape index (κ3) is 3.14. The third-order valence-electron chi connectivity index (χ3n) is 3.15. The summed E-state index contributed by atoms with van der Waals surface area (Å²) < 4.78 is 45.7. The van der Waals surface area contributed by atoms with E-state index in [9.17, 15) is 12.8 Å². The van der Waals surface area contributed by atoms with Crippen molar-refractivity contribution in [1.82, 2.24) is 4.31 Å². The highest BCUT2D eigenvalue weighted by molar-refractivity contribution is 7.89. The Morgan fingerprint density at radius 2 is 1.95 bits per heavy atom. The van der Waals surface area contributed by atoms with Gasteiger partial charge in [0.15, 0.2) is 0 Å². The molecule has 1 heterocycles. The summed E-state index contributed by atoms with van der Waals surface area (Å²) in [6.45, 7) is 4.04. The number of alkyl halides is 1. The summed E-state index contributed by atoms with van der Waals surface area (Å²) >= 11 is 5.61. The van der Waals surface area contributed by atoms with Crippen LogP contribution in [0.15, 0.2) is 23.1 Å². The first kappa shape index (κ1) is 15.7. The van der Waals surface area contributed by atoms with Gasteiger partial charge in [0.1, 0.15) is 10.7 Å². The first-order valence-corrected chi connectivity index (χ1v) is 8.32.